The lowest BCUT2D eigenvalue weighted by molar-refractivity contribution is -0.406. The average Bonchev–Trinajstić information content (AvgIpc) is 2.54. The van der Waals surface area contributed by atoms with Crippen molar-refractivity contribution < 1.29 is 55.4 Å². The highest BCUT2D eigenvalue weighted by atomic mass is 16.7. The SMILES string of the molecule is OC[C@H]1OC([C@@]2(O)O[C@H](CO)[C@@H](O)[C@H](O)[C@H]2O)[C@H](O)[C@@H](O)[C@H]1O. The zero-order chi connectivity index (χ0) is 17.5. The van der Waals surface area contributed by atoms with Crippen molar-refractivity contribution in [3.8, 4) is 0 Å². The fourth-order valence-electron chi connectivity index (χ4n) is 2.86. The van der Waals surface area contributed by atoms with E-state index in [1.165, 1.54) is 0 Å². The van der Waals surface area contributed by atoms with Gasteiger partial charge in [0, 0.05) is 0 Å². The fourth-order valence-corrected chi connectivity index (χ4v) is 2.86. The Balaban J connectivity index is 2.33. The summed E-state index contributed by atoms with van der Waals surface area (Å²) in [5.41, 5.74) is 0. The third-order valence-corrected chi connectivity index (χ3v) is 4.30. The van der Waals surface area contributed by atoms with E-state index in [-0.39, 0.29) is 0 Å². The van der Waals surface area contributed by atoms with Gasteiger partial charge in [-0.05, 0) is 0 Å². The summed E-state index contributed by atoms with van der Waals surface area (Å²) in [6.45, 7) is -1.60. The second kappa shape index (κ2) is 6.82. The zero-order valence-corrected chi connectivity index (χ0v) is 12.0. The minimum absolute atomic E-state index is 0.776. The average molecular weight is 342 g/mol. The molecule has 0 bridgehead atoms. The van der Waals surface area contributed by atoms with Crippen LogP contribution in [0, 0.1) is 0 Å². The molecule has 0 radical (unpaired) electrons. The molecule has 0 aliphatic carbocycles. The van der Waals surface area contributed by atoms with Crippen molar-refractivity contribution >= 4 is 0 Å². The van der Waals surface area contributed by atoms with Crippen LogP contribution in [0.15, 0.2) is 0 Å². The minimum Gasteiger partial charge on any atom is -0.394 e. The summed E-state index contributed by atoms with van der Waals surface area (Å²) in [6, 6.07) is 0. The molecule has 0 spiro atoms. The molecule has 2 aliphatic rings. The predicted octanol–water partition coefficient (Wildman–Crippen LogP) is -6.01. The molecule has 0 aromatic rings. The van der Waals surface area contributed by atoms with Crippen LogP contribution in [-0.2, 0) is 9.47 Å². The molecule has 2 heterocycles. The summed E-state index contributed by atoms with van der Waals surface area (Å²) in [5, 5.41) is 87.7. The predicted molar refractivity (Wildman–Crippen MR) is 68.7 cm³/mol. The number of ether oxygens (including phenoxy) is 2. The zero-order valence-electron chi connectivity index (χ0n) is 12.0. The van der Waals surface area contributed by atoms with E-state index in [0.717, 1.165) is 0 Å². The Hall–Kier alpha value is -0.440. The van der Waals surface area contributed by atoms with Crippen LogP contribution in [-0.4, -0.2) is 120 Å². The van der Waals surface area contributed by atoms with Crippen molar-refractivity contribution in [3.63, 3.8) is 0 Å². The summed E-state index contributed by atoms with van der Waals surface area (Å²) >= 11 is 0. The van der Waals surface area contributed by atoms with E-state index in [0.29, 0.717) is 0 Å². The molecule has 23 heavy (non-hydrogen) atoms. The van der Waals surface area contributed by atoms with Crippen LogP contribution in [0.25, 0.3) is 0 Å². The molecule has 136 valence electrons. The first kappa shape index (κ1) is 18.9. The highest BCUT2D eigenvalue weighted by molar-refractivity contribution is 5.05. The van der Waals surface area contributed by atoms with E-state index in [2.05, 4.69) is 0 Å². The largest absolute Gasteiger partial charge is 0.394 e. The van der Waals surface area contributed by atoms with Gasteiger partial charge in [-0.15, -0.1) is 0 Å². The summed E-state index contributed by atoms with van der Waals surface area (Å²) < 4.78 is 10.1. The first-order valence-corrected chi connectivity index (χ1v) is 7.04. The Kier molecular flexibility index (Phi) is 5.60. The van der Waals surface area contributed by atoms with Crippen LogP contribution >= 0.6 is 0 Å². The molecule has 0 aromatic heterocycles. The summed E-state index contributed by atoms with van der Waals surface area (Å²) in [6.07, 6.45) is -16.1. The molecule has 2 fully saturated rings. The molecule has 2 rings (SSSR count). The maximum absolute atomic E-state index is 10.5. The topological polar surface area (TPSA) is 201 Å². The van der Waals surface area contributed by atoms with Crippen LogP contribution in [0.3, 0.4) is 0 Å². The third-order valence-electron chi connectivity index (χ3n) is 4.30. The van der Waals surface area contributed by atoms with Gasteiger partial charge >= 0.3 is 0 Å². The molecule has 9 N–H and O–H groups in total. The molecule has 2 aliphatic heterocycles. The van der Waals surface area contributed by atoms with Crippen LogP contribution in [0.2, 0.25) is 0 Å². The lowest BCUT2D eigenvalue weighted by Gasteiger charge is -2.52. The molecule has 0 saturated carbocycles. The van der Waals surface area contributed by atoms with Crippen molar-refractivity contribution in [2.45, 2.75) is 60.7 Å². The molecule has 2 saturated heterocycles. The fraction of sp³-hybridized carbons (Fsp3) is 1.00. The van der Waals surface area contributed by atoms with Gasteiger partial charge in [-0.25, -0.2) is 0 Å². The number of rotatable bonds is 3. The van der Waals surface area contributed by atoms with Gasteiger partial charge in [0.25, 0.3) is 0 Å². The third kappa shape index (κ3) is 2.99. The smallest absolute Gasteiger partial charge is 0.225 e. The van der Waals surface area contributed by atoms with E-state index >= 15 is 0 Å². The first-order valence-electron chi connectivity index (χ1n) is 7.04. The van der Waals surface area contributed by atoms with Crippen molar-refractivity contribution in [1.82, 2.24) is 0 Å². The Labute approximate surface area is 130 Å². The van der Waals surface area contributed by atoms with Gasteiger partial charge in [-0.1, -0.05) is 0 Å². The monoisotopic (exact) mass is 342 g/mol. The Bertz CT molecular complexity index is 404. The van der Waals surface area contributed by atoms with Gasteiger partial charge in [-0.3, -0.25) is 0 Å². The van der Waals surface area contributed by atoms with Gasteiger partial charge in [0.15, 0.2) is 0 Å². The van der Waals surface area contributed by atoms with Gasteiger partial charge in [-0.2, -0.15) is 0 Å². The lowest BCUT2D eigenvalue weighted by Crippen LogP contribution is -2.75. The van der Waals surface area contributed by atoms with Crippen LogP contribution in [0.4, 0.5) is 0 Å². The van der Waals surface area contributed by atoms with E-state index in [9.17, 15) is 35.7 Å². The van der Waals surface area contributed by atoms with E-state index in [1.54, 1.807) is 0 Å². The van der Waals surface area contributed by atoms with Gasteiger partial charge in [0.1, 0.15) is 54.9 Å². The maximum atomic E-state index is 10.5. The van der Waals surface area contributed by atoms with E-state index < -0.39 is 73.9 Å². The second-order valence-electron chi connectivity index (χ2n) is 5.77. The number of aliphatic hydroxyl groups is 9. The molecule has 0 aromatic carbocycles. The molecule has 1 unspecified atom stereocenters. The van der Waals surface area contributed by atoms with Gasteiger partial charge in [0.2, 0.25) is 5.79 Å². The molecular formula is C12H22O11. The highest BCUT2D eigenvalue weighted by Gasteiger charge is 2.62. The summed E-state index contributed by atoms with van der Waals surface area (Å²) in [5.74, 6) is -2.82. The van der Waals surface area contributed by atoms with Crippen molar-refractivity contribution in [1.29, 1.82) is 0 Å². The standard InChI is InChI=1S/C12H22O11/c13-1-3-5(15)7(17)9(19)11(22-3)12(21)10(20)8(18)6(16)4(2-14)23-12/h3-11,13-21H,1-2H2/t3-,4-,5+,6-,7+,8+,9-,10-,11?,12+/m1/s1. The molecule has 0 amide bonds. The number of hydrogen-bond donors (Lipinski definition) is 9. The molecule has 10 atom stereocenters. The van der Waals surface area contributed by atoms with E-state index in [1.807, 2.05) is 0 Å². The van der Waals surface area contributed by atoms with Crippen molar-refractivity contribution in [2.75, 3.05) is 13.2 Å². The van der Waals surface area contributed by atoms with Crippen molar-refractivity contribution in [2.24, 2.45) is 0 Å². The minimum atomic E-state index is -2.82. The maximum Gasteiger partial charge on any atom is 0.225 e. The Morgan fingerprint density at radius 1 is 0.696 bits per heavy atom. The number of aliphatic hydroxyl groups excluding tert-OH is 8. The van der Waals surface area contributed by atoms with Crippen LogP contribution < -0.4 is 0 Å². The van der Waals surface area contributed by atoms with E-state index in [4.69, 9.17) is 19.7 Å². The lowest BCUT2D eigenvalue weighted by atomic mass is 9.83. The Morgan fingerprint density at radius 2 is 1.22 bits per heavy atom. The van der Waals surface area contributed by atoms with Crippen molar-refractivity contribution in [3.05, 3.63) is 0 Å². The molecule has 11 nitrogen and oxygen atoms in total. The van der Waals surface area contributed by atoms with Gasteiger partial charge in [0.05, 0.1) is 13.2 Å². The molecule has 11 heteroatoms. The van der Waals surface area contributed by atoms with Crippen LogP contribution in [0.1, 0.15) is 0 Å². The summed E-state index contributed by atoms with van der Waals surface area (Å²) in [7, 11) is 0. The Morgan fingerprint density at radius 3 is 1.74 bits per heavy atom. The first-order chi connectivity index (χ1) is 10.7. The second-order valence-corrected chi connectivity index (χ2v) is 5.77. The normalized spacial score (nSPS) is 54.9. The summed E-state index contributed by atoms with van der Waals surface area (Å²) in [4.78, 5) is 0. The van der Waals surface area contributed by atoms with Crippen LogP contribution in [0.5, 0.6) is 0 Å². The highest BCUT2D eigenvalue weighted by Crippen LogP contribution is 2.37. The number of hydrogen-bond acceptors (Lipinski definition) is 11. The molecular weight excluding hydrogens is 320 g/mol. The quantitative estimate of drug-likeness (QED) is 0.236. The van der Waals surface area contributed by atoms with Gasteiger partial charge < -0.3 is 55.4 Å².